The van der Waals surface area contributed by atoms with E-state index in [1.165, 1.54) is 32.1 Å². The van der Waals surface area contributed by atoms with Crippen LogP contribution in [0.3, 0.4) is 0 Å². The van der Waals surface area contributed by atoms with Crippen LogP contribution in [0.25, 0.3) is 0 Å². The first-order valence-electron chi connectivity index (χ1n) is 8.64. The molecule has 0 heterocycles. The molecule has 0 aromatic carbocycles. The standard InChI is InChI=1S/C18H37NO/c1-7-12-19-14-18(20-13-15(2)3)10-8-16(9-11-18)17(4,5)6/h15-16,19H,7-14H2,1-6H3. The topological polar surface area (TPSA) is 21.3 Å². The van der Waals surface area contributed by atoms with Gasteiger partial charge in [0.1, 0.15) is 0 Å². The lowest BCUT2D eigenvalue weighted by atomic mass is 9.68. The Kier molecular flexibility index (Phi) is 7.00. The summed E-state index contributed by atoms with van der Waals surface area (Å²) in [5.74, 6) is 1.47. The zero-order valence-corrected chi connectivity index (χ0v) is 14.7. The van der Waals surface area contributed by atoms with Crippen molar-refractivity contribution in [3.63, 3.8) is 0 Å². The van der Waals surface area contributed by atoms with Gasteiger partial charge in [0.15, 0.2) is 0 Å². The van der Waals surface area contributed by atoms with Gasteiger partial charge in [-0.2, -0.15) is 0 Å². The minimum absolute atomic E-state index is 0.0984. The summed E-state index contributed by atoms with van der Waals surface area (Å²) in [5, 5.41) is 3.60. The third-order valence-corrected chi connectivity index (χ3v) is 4.72. The van der Waals surface area contributed by atoms with Gasteiger partial charge in [-0.3, -0.25) is 0 Å². The van der Waals surface area contributed by atoms with E-state index >= 15 is 0 Å². The van der Waals surface area contributed by atoms with Crippen LogP contribution in [0.5, 0.6) is 0 Å². The molecule has 120 valence electrons. The van der Waals surface area contributed by atoms with Gasteiger partial charge < -0.3 is 10.1 Å². The fourth-order valence-electron chi connectivity index (χ4n) is 3.22. The maximum absolute atomic E-state index is 6.38. The Labute approximate surface area is 127 Å². The average molecular weight is 284 g/mol. The van der Waals surface area contributed by atoms with Gasteiger partial charge in [-0.15, -0.1) is 0 Å². The first kappa shape index (κ1) is 18.0. The van der Waals surface area contributed by atoms with Gasteiger partial charge >= 0.3 is 0 Å². The minimum atomic E-state index is 0.0984. The first-order valence-corrected chi connectivity index (χ1v) is 8.64. The summed E-state index contributed by atoms with van der Waals surface area (Å²) in [5.41, 5.74) is 0.544. The molecule has 0 spiro atoms. The van der Waals surface area contributed by atoms with Crippen LogP contribution in [0.15, 0.2) is 0 Å². The van der Waals surface area contributed by atoms with Crippen LogP contribution in [0.1, 0.15) is 73.6 Å². The largest absolute Gasteiger partial charge is 0.373 e. The van der Waals surface area contributed by atoms with Crippen molar-refractivity contribution in [2.24, 2.45) is 17.3 Å². The molecule has 0 aliphatic heterocycles. The van der Waals surface area contributed by atoms with Gasteiger partial charge in [0.05, 0.1) is 5.60 Å². The fraction of sp³-hybridized carbons (Fsp3) is 1.00. The van der Waals surface area contributed by atoms with E-state index in [0.29, 0.717) is 11.3 Å². The Balaban J connectivity index is 2.57. The number of rotatable bonds is 7. The highest BCUT2D eigenvalue weighted by Gasteiger charge is 2.39. The zero-order chi connectivity index (χ0) is 15.2. The molecule has 0 aromatic heterocycles. The number of nitrogens with one attached hydrogen (secondary N) is 1. The number of ether oxygens (including phenoxy) is 1. The third-order valence-electron chi connectivity index (χ3n) is 4.72. The van der Waals surface area contributed by atoms with Crippen molar-refractivity contribution in [1.29, 1.82) is 0 Å². The Hall–Kier alpha value is -0.0800. The molecule has 1 saturated carbocycles. The van der Waals surface area contributed by atoms with Gasteiger partial charge in [-0.1, -0.05) is 41.5 Å². The van der Waals surface area contributed by atoms with E-state index in [9.17, 15) is 0 Å². The SMILES string of the molecule is CCCNCC1(OCC(C)C)CCC(C(C)(C)C)CC1. The van der Waals surface area contributed by atoms with Crippen LogP contribution in [-0.4, -0.2) is 25.3 Å². The Morgan fingerprint density at radius 3 is 2.25 bits per heavy atom. The summed E-state index contributed by atoms with van der Waals surface area (Å²) in [6, 6.07) is 0. The molecule has 1 fully saturated rings. The molecule has 1 rings (SSSR count). The quantitative estimate of drug-likeness (QED) is 0.688. The molecule has 0 bridgehead atoms. The molecule has 2 nitrogen and oxygen atoms in total. The zero-order valence-electron chi connectivity index (χ0n) is 14.7. The van der Waals surface area contributed by atoms with Gasteiger partial charge in [-0.25, -0.2) is 0 Å². The van der Waals surface area contributed by atoms with E-state index in [-0.39, 0.29) is 5.60 Å². The van der Waals surface area contributed by atoms with Gasteiger partial charge in [0.25, 0.3) is 0 Å². The maximum Gasteiger partial charge on any atom is 0.0806 e. The molecule has 1 N–H and O–H groups in total. The molecule has 0 amide bonds. The summed E-state index contributed by atoms with van der Waals surface area (Å²) < 4.78 is 6.38. The second-order valence-electron chi connectivity index (χ2n) is 8.20. The van der Waals surface area contributed by atoms with E-state index in [0.717, 1.165) is 25.6 Å². The highest BCUT2D eigenvalue weighted by molar-refractivity contribution is 4.92. The first-order chi connectivity index (χ1) is 9.29. The maximum atomic E-state index is 6.38. The lowest BCUT2D eigenvalue weighted by molar-refractivity contribution is -0.0927. The van der Waals surface area contributed by atoms with Gasteiger partial charge in [-0.05, 0) is 55.9 Å². The second kappa shape index (κ2) is 7.79. The number of hydrogen-bond acceptors (Lipinski definition) is 2. The van der Waals surface area contributed by atoms with Crippen LogP contribution >= 0.6 is 0 Å². The molecule has 0 atom stereocenters. The lowest BCUT2D eigenvalue weighted by Crippen LogP contribution is -2.48. The molecule has 0 radical (unpaired) electrons. The fourth-order valence-corrected chi connectivity index (χ4v) is 3.22. The predicted molar refractivity (Wildman–Crippen MR) is 88.1 cm³/mol. The summed E-state index contributed by atoms with van der Waals surface area (Å²) in [7, 11) is 0. The van der Waals surface area contributed by atoms with Crippen LogP contribution in [-0.2, 0) is 4.74 Å². The van der Waals surface area contributed by atoms with Crippen molar-refractivity contribution in [2.75, 3.05) is 19.7 Å². The van der Waals surface area contributed by atoms with E-state index in [4.69, 9.17) is 4.74 Å². The van der Waals surface area contributed by atoms with Crippen molar-refractivity contribution in [3.8, 4) is 0 Å². The van der Waals surface area contributed by atoms with E-state index < -0.39 is 0 Å². The van der Waals surface area contributed by atoms with Gasteiger partial charge in [0, 0.05) is 13.2 Å². The minimum Gasteiger partial charge on any atom is -0.373 e. The van der Waals surface area contributed by atoms with Crippen molar-refractivity contribution in [2.45, 2.75) is 79.2 Å². The van der Waals surface area contributed by atoms with Crippen molar-refractivity contribution >= 4 is 0 Å². The lowest BCUT2D eigenvalue weighted by Gasteiger charge is -2.44. The van der Waals surface area contributed by atoms with E-state index in [1.54, 1.807) is 0 Å². The molecule has 0 aromatic rings. The number of hydrogen-bond donors (Lipinski definition) is 1. The molecular weight excluding hydrogens is 246 g/mol. The van der Waals surface area contributed by atoms with Crippen LogP contribution in [0.4, 0.5) is 0 Å². The van der Waals surface area contributed by atoms with E-state index in [1.807, 2.05) is 0 Å². The summed E-state index contributed by atoms with van der Waals surface area (Å²) in [6.45, 7) is 16.9. The predicted octanol–water partition coefficient (Wildman–Crippen LogP) is 4.63. The molecule has 0 saturated heterocycles. The monoisotopic (exact) mass is 283 g/mol. The van der Waals surface area contributed by atoms with Crippen LogP contribution in [0, 0.1) is 17.3 Å². The highest BCUT2D eigenvalue weighted by Crippen LogP contribution is 2.42. The molecule has 1 aliphatic rings. The summed E-state index contributed by atoms with van der Waals surface area (Å²) in [6.07, 6.45) is 6.27. The van der Waals surface area contributed by atoms with Crippen molar-refractivity contribution in [3.05, 3.63) is 0 Å². The second-order valence-corrected chi connectivity index (χ2v) is 8.20. The molecule has 1 aliphatic carbocycles. The summed E-state index contributed by atoms with van der Waals surface area (Å²) in [4.78, 5) is 0. The Bertz CT molecular complexity index is 259. The third kappa shape index (κ3) is 5.73. The molecule has 0 unspecified atom stereocenters. The Morgan fingerprint density at radius 2 is 1.80 bits per heavy atom. The molecular formula is C18H37NO. The average Bonchev–Trinajstić information content (AvgIpc) is 2.36. The van der Waals surface area contributed by atoms with Crippen LogP contribution < -0.4 is 5.32 Å². The highest BCUT2D eigenvalue weighted by atomic mass is 16.5. The Morgan fingerprint density at radius 1 is 1.20 bits per heavy atom. The molecule has 2 heteroatoms. The smallest absolute Gasteiger partial charge is 0.0806 e. The normalized spacial score (nSPS) is 28.1. The molecule has 20 heavy (non-hydrogen) atoms. The van der Waals surface area contributed by atoms with Crippen LogP contribution in [0.2, 0.25) is 0 Å². The van der Waals surface area contributed by atoms with Gasteiger partial charge in [0.2, 0.25) is 0 Å². The summed E-state index contributed by atoms with van der Waals surface area (Å²) >= 11 is 0. The van der Waals surface area contributed by atoms with Crippen molar-refractivity contribution < 1.29 is 4.74 Å². The van der Waals surface area contributed by atoms with Crippen molar-refractivity contribution in [1.82, 2.24) is 5.32 Å². The van der Waals surface area contributed by atoms with E-state index in [2.05, 4.69) is 46.9 Å².